The number of halogens is 4. The number of pyridine rings is 1. The average molecular weight is 261 g/mol. The van der Waals surface area contributed by atoms with Crippen LogP contribution in [0, 0.1) is 25.2 Å². The summed E-state index contributed by atoms with van der Waals surface area (Å²) in [5.41, 5.74) is 1.03. The van der Waals surface area contributed by atoms with Crippen LogP contribution in [-0.2, 0) is 0 Å². The topological polar surface area (TPSA) is 48.7 Å². The van der Waals surface area contributed by atoms with Crippen molar-refractivity contribution in [3.8, 4) is 6.07 Å². The van der Waals surface area contributed by atoms with Crippen molar-refractivity contribution in [3.05, 3.63) is 23.0 Å². The van der Waals surface area contributed by atoms with Crippen LogP contribution in [0.15, 0.2) is 6.07 Å². The molecule has 0 aliphatic carbocycles. The Balaban J connectivity index is 2.96. The van der Waals surface area contributed by atoms with E-state index in [0.717, 1.165) is 0 Å². The van der Waals surface area contributed by atoms with Crippen LogP contribution in [-0.4, -0.2) is 23.9 Å². The summed E-state index contributed by atoms with van der Waals surface area (Å²) in [7, 11) is 0. The van der Waals surface area contributed by atoms with Crippen molar-refractivity contribution in [2.24, 2.45) is 0 Å². The molecule has 0 spiro atoms. The first-order chi connectivity index (χ1) is 8.27. The zero-order valence-corrected chi connectivity index (χ0v) is 9.77. The molecule has 98 valence electrons. The number of aryl methyl sites for hydroxylation is 2. The summed E-state index contributed by atoms with van der Waals surface area (Å²) in [5.74, 6) is -4.14. The van der Waals surface area contributed by atoms with Gasteiger partial charge in [0.05, 0.1) is 23.5 Å². The second-order valence-electron chi connectivity index (χ2n) is 3.80. The van der Waals surface area contributed by atoms with E-state index < -0.39 is 18.9 Å². The predicted molar refractivity (Wildman–Crippen MR) is 57.9 cm³/mol. The molecule has 0 amide bonds. The highest BCUT2D eigenvalue weighted by Gasteiger charge is 2.40. The molecule has 18 heavy (non-hydrogen) atoms. The quantitative estimate of drug-likeness (QED) is 0.848. The monoisotopic (exact) mass is 261 g/mol. The fourth-order valence-corrected chi connectivity index (χ4v) is 1.40. The molecule has 0 unspecified atom stereocenters. The minimum Gasteiger partial charge on any atom is -0.378 e. The lowest BCUT2D eigenvalue weighted by Crippen LogP contribution is -2.35. The van der Waals surface area contributed by atoms with E-state index in [1.807, 2.05) is 0 Å². The normalized spacial score (nSPS) is 11.4. The SMILES string of the molecule is Cc1cc(NCC(F)(F)C(F)F)c(C#N)c(C)n1. The summed E-state index contributed by atoms with van der Waals surface area (Å²) >= 11 is 0. The summed E-state index contributed by atoms with van der Waals surface area (Å²) in [6.45, 7) is 1.93. The Labute approximate surface area is 101 Å². The van der Waals surface area contributed by atoms with Gasteiger partial charge in [-0.3, -0.25) is 4.98 Å². The number of anilines is 1. The van der Waals surface area contributed by atoms with Gasteiger partial charge < -0.3 is 5.32 Å². The smallest absolute Gasteiger partial charge is 0.324 e. The molecule has 0 atom stereocenters. The van der Waals surface area contributed by atoms with Crippen LogP contribution in [0.3, 0.4) is 0 Å². The fraction of sp³-hybridized carbons (Fsp3) is 0.455. The Morgan fingerprint density at radius 1 is 1.44 bits per heavy atom. The van der Waals surface area contributed by atoms with Crippen LogP contribution in [0.25, 0.3) is 0 Å². The number of aromatic nitrogens is 1. The lowest BCUT2D eigenvalue weighted by Gasteiger charge is -2.17. The van der Waals surface area contributed by atoms with Gasteiger partial charge in [0.15, 0.2) is 0 Å². The molecule has 0 fully saturated rings. The maximum Gasteiger partial charge on any atom is 0.324 e. The van der Waals surface area contributed by atoms with Gasteiger partial charge >= 0.3 is 12.3 Å². The van der Waals surface area contributed by atoms with E-state index in [9.17, 15) is 17.6 Å². The van der Waals surface area contributed by atoms with Crippen molar-refractivity contribution in [3.63, 3.8) is 0 Å². The van der Waals surface area contributed by atoms with Gasteiger partial charge in [-0.15, -0.1) is 0 Å². The van der Waals surface area contributed by atoms with Gasteiger partial charge in [-0.1, -0.05) is 0 Å². The number of alkyl halides is 4. The van der Waals surface area contributed by atoms with E-state index in [0.29, 0.717) is 11.4 Å². The van der Waals surface area contributed by atoms with Crippen molar-refractivity contribution in [2.45, 2.75) is 26.2 Å². The molecule has 7 heteroatoms. The van der Waals surface area contributed by atoms with Gasteiger partial charge in [-0.25, -0.2) is 8.78 Å². The first-order valence-electron chi connectivity index (χ1n) is 5.06. The van der Waals surface area contributed by atoms with E-state index in [2.05, 4.69) is 10.3 Å². The summed E-state index contributed by atoms with van der Waals surface area (Å²) in [4.78, 5) is 3.99. The highest BCUT2D eigenvalue weighted by Crippen LogP contribution is 2.25. The second-order valence-corrected chi connectivity index (χ2v) is 3.80. The number of nitrogens with zero attached hydrogens (tertiary/aromatic N) is 2. The highest BCUT2D eigenvalue weighted by molar-refractivity contribution is 5.59. The molecule has 0 aliphatic rings. The molecule has 1 heterocycles. The standard InChI is InChI=1S/C11H11F4N3/c1-6-3-9(8(4-16)7(2)18-6)17-5-11(14,15)10(12)13/h3,10H,5H2,1-2H3,(H,17,18). The Morgan fingerprint density at radius 3 is 2.56 bits per heavy atom. The van der Waals surface area contributed by atoms with Crippen LogP contribution < -0.4 is 5.32 Å². The van der Waals surface area contributed by atoms with E-state index in [4.69, 9.17) is 5.26 Å². The molecule has 1 rings (SSSR count). The van der Waals surface area contributed by atoms with Gasteiger partial charge in [0, 0.05) is 5.69 Å². The lowest BCUT2D eigenvalue weighted by atomic mass is 10.1. The van der Waals surface area contributed by atoms with Crippen molar-refractivity contribution in [1.29, 1.82) is 5.26 Å². The van der Waals surface area contributed by atoms with E-state index in [1.54, 1.807) is 19.9 Å². The van der Waals surface area contributed by atoms with Crippen LogP contribution in [0.2, 0.25) is 0 Å². The number of nitriles is 1. The lowest BCUT2D eigenvalue weighted by molar-refractivity contribution is -0.117. The molecule has 3 nitrogen and oxygen atoms in total. The maximum absolute atomic E-state index is 12.8. The molecule has 0 bridgehead atoms. The molecular weight excluding hydrogens is 250 g/mol. The minimum atomic E-state index is -4.14. The summed E-state index contributed by atoms with van der Waals surface area (Å²) in [5, 5.41) is 11.0. The average Bonchev–Trinajstić information content (AvgIpc) is 2.25. The Kier molecular flexibility index (Phi) is 4.11. The summed E-state index contributed by atoms with van der Waals surface area (Å²) in [6, 6.07) is 3.17. The zero-order valence-electron chi connectivity index (χ0n) is 9.77. The molecule has 0 radical (unpaired) electrons. The van der Waals surface area contributed by atoms with Crippen molar-refractivity contribution in [1.82, 2.24) is 4.98 Å². The second kappa shape index (κ2) is 5.21. The molecule has 1 aromatic heterocycles. The Hall–Kier alpha value is -1.84. The van der Waals surface area contributed by atoms with Gasteiger partial charge in [0.1, 0.15) is 6.07 Å². The third kappa shape index (κ3) is 3.09. The molecular formula is C11H11F4N3. The third-order valence-electron chi connectivity index (χ3n) is 2.27. The zero-order chi connectivity index (χ0) is 13.9. The number of hydrogen-bond acceptors (Lipinski definition) is 3. The third-order valence-corrected chi connectivity index (χ3v) is 2.27. The van der Waals surface area contributed by atoms with Crippen LogP contribution in [0.1, 0.15) is 17.0 Å². The van der Waals surface area contributed by atoms with Gasteiger partial charge in [-0.05, 0) is 19.9 Å². The molecule has 1 N–H and O–H groups in total. The van der Waals surface area contributed by atoms with E-state index >= 15 is 0 Å². The van der Waals surface area contributed by atoms with Crippen molar-refractivity contribution < 1.29 is 17.6 Å². The molecule has 0 saturated heterocycles. The molecule has 0 aliphatic heterocycles. The Morgan fingerprint density at radius 2 is 2.06 bits per heavy atom. The largest absolute Gasteiger partial charge is 0.378 e. The van der Waals surface area contributed by atoms with Gasteiger partial charge in [0.2, 0.25) is 0 Å². The van der Waals surface area contributed by atoms with Gasteiger partial charge in [-0.2, -0.15) is 14.0 Å². The molecule has 0 aromatic carbocycles. The minimum absolute atomic E-state index is 0.0747. The van der Waals surface area contributed by atoms with Crippen LogP contribution >= 0.6 is 0 Å². The van der Waals surface area contributed by atoms with Crippen molar-refractivity contribution >= 4 is 5.69 Å². The highest BCUT2D eigenvalue weighted by atomic mass is 19.3. The Bertz CT molecular complexity index is 480. The van der Waals surface area contributed by atoms with E-state index in [-0.39, 0.29) is 11.3 Å². The first kappa shape index (κ1) is 14.2. The van der Waals surface area contributed by atoms with Gasteiger partial charge in [0.25, 0.3) is 0 Å². The van der Waals surface area contributed by atoms with Crippen LogP contribution in [0.5, 0.6) is 0 Å². The number of nitrogens with one attached hydrogen (secondary N) is 1. The predicted octanol–water partition coefficient (Wildman–Crippen LogP) is 2.88. The van der Waals surface area contributed by atoms with Crippen molar-refractivity contribution in [2.75, 3.05) is 11.9 Å². The fourth-order valence-electron chi connectivity index (χ4n) is 1.40. The number of rotatable bonds is 4. The number of hydrogen-bond donors (Lipinski definition) is 1. The summed E-state index contributed by atoms with van der Waals surface area (Å²) < 4.78 is 49.5. The molecule has 1 aromatic rings. The van der Waals surface area contributed by atoms with E-state index in [1.165, 1.54) is 6.07 Å². The summed E-state index contributed by atoms with van der Waals surface area (Å²) in [6.07, 6.45) is -3.75. The first-order valence-corrected chi connectivity index (χ1v) is 5.06. The molecule has 0 saturated carbocycles. The van der Waals surface area contributed by atoms with Crippen LogP contribution in [0.4, 0.5) is 23.2 Å². The maximum atomic E-state index is 12.8.